The number of hydrogen-bond donors (Lipinski definition) is 1. The summed E-state index contributed by atoms with van der Waals surface area (Å²) in [4.78, 5) is 13.9. The molecule has 6 heteroatoms. The lowest BCUT2D eigenvalue weighted by Crippen LogP contribution is -2.25. The Bertz CT molecular complexity index is 1030. The summed E-state index contributed by atoms with van der Waals surface area (Å²) in [6, 6.07) is 18.0. The number of nitrogens with zero attached hydrogens (tertiary/aromatic N) is 1. The van der Waals surface area contributed by atoms with Crippen LogP contribution < -0.4 is 5.73 Å². The fourth-order valence-corrected chi connectivity index (χ4v) is 3.86. The molecule has 0 spiro atoms. The van der Waals surface area contributed by atoms with Gasteiger partial charge in [-0.05, 0) is 48.9 Å². The van der Waals surface area contributed by atoms with E-state index in [2.05, 4.69) is 6.07 Å². The summed E-state index contributed by atoms with van der Waals surface area (Å²) < 4.78 is 10.8. The Morgan fingerprint density at radius 3 is 2.55 bits per heavy atom. The lowest BCUT2D eigenvalue weighted by atomic mass is 9.79. The van der Waals surface area contributed by atoms with Gasteiger partial charge in [0.05, 0.1) is 18.1 Å². The van der Waals surface area contributed by atoms with Crippen molar-refractivity contribution in [3.8, 4) is 17.2 Å². The monoisotopic (exact) mass is 406 g/mol. The molecule has 1 aliphatic rings. The van der Waals surface area contributed by atoms with Crippen molar-refractivity contribution in [1.82, 2.24) is 0 Å². The molecule has 0 saturated carbocycles. The molecular weight excluding hydrogens is 384 g/mol. The predicted octanol–water partition coefficient (Wildman–Crippen LogP) is 4.72. The van der Waals surface area contributed by atoms with Crippen LogP contribution in [-0.4, -0.2) is 18.8 Å². The van der Waals surface area contributed by atoms with Crippen molar-refractivity contribution in [2.75, 3.05) is 12.9 Å². The smallest absolute Gasteiger partial charge is 0.338 e. The summed E-state index contributed by atoms with van der Waals surface area (Å²) in [6.45, 7) is 3.63. The number of ether oxygens (including phenoxy) is 2. The Balaban J connectivity index is 2.21. The molecular formula is C23H22N2O3S. The van der Waals surface area contributed by atoms with Crippen molar-refractivity contribution in [2.24, 2.45) is 5.73 Å². The van der Waals surface area contributed by atoms with Crippen LogP contribution in [0.1, 0.15) is 25.3 Å². The van der Waals surface area contributed by atoms with Crippen molar-refractivity contribution < 1.29 is 14.3 Å². The minimum absolute atomic E-state index is 0.00980. The number of nitriles is 1. The predicted molar refractivity (Wildman–Crippen MR) is 114 cm³/mol. The van der Waals surface area contributed by atoms with Gasteiger partial charge in [0, 0.05) is 4.90 Å². The third-order valence-electron chi connectivity index (χ3n) is 4.77. The maximum Gasteiger partial charge on any atom is 0.338 e. The van der Waals surface area contributed by atoms with Gasteiger partial charge < -0.3 is 15.2 Å². The second kappa shape index (κ2) is 8.89. The zero-order chi connectivity index (χ0) is 21.0. The summed E-state index contributed by atoms with van der Waals surface area (Å²) >= 11 is 1.67. The molecule has 0 amide bonds. The van der Waals surface area contributed by atoms with Crippen LogP contribution in [0.3, 0.4) is 0 Å². The maximum absolute atomic E-state index is 12.8. The molecule has 5 nitrogen and oxygen atoms in total. The average molecular weight is 407 g/mol. The molecule has 2 aromatic rings. The van der Waals surface area contributed by atoms with Gasteiger partial charge in [-0.1, -0.05) is 36.4 Å². The number of benzene rings is 2. The molecule has 0 aliphatic carbocycles. The van der Waals surface area contributed by atoms with Crippen LogP contribution in [-0.2, 0) is 14.3 Å². The molecule has 29 heavy (non-hydrogen) atoms. The molecule has 0 radical (unpaired) electrons. The van der Waals surface area contributed by atoms with E-state index in [1.165, 1.54) is 0 Å². The van der Waals surface area contributed by atoms with Crippen LogP contribution in [0.15, 0.2) is 76.2 Å². The number of allylic oxidation sites excluding steroid dienone is 2. The van der Waals surface area contributed by atoms with E-state index in [4.69, 9.17) is 15.2 Å². The molecule has 3 rings (SSSR count). The molecule has 0 aromatic heterocycles. The second-order valence-electron chi connectivity index (χ2n) is 6.43. The highest BCUT2D eigenvalue weighted by Crippen LogP contribution is 2.43. The van der Waals surface area contributed by atoms with Gasteiger partial charge >= 0.3 is 5.97 Å². The molecule has 2 aromatic carbocycles. The van der Waals surface area contributed by atoms with Gasteiger partial charge in [0.2, 0.25) is 5.88 Å². The fourth-order valence-electron chi connectivity index (χ4n) is 3.45. The largest absolute Gasteiger partial charge is 0.463 e. The first-order valence-corrected chi connectivity index (χ1v) is 10.4. The van der Waals surface area contributed by atoms with Crippen molar-refractivity contribution in [3.05, 3.63) is 76.9 Å². The van der Waals surface area contributed by atoms with Crippen molar-refractivity contribution in [2.45, 2.75) is 24.7 Å². The number of hydrogen-bond acceptors (Lipinski definition) is 6. The van der Waals surface area contributed by atoms with Crippen LogP contribution in [0.25, 0.3) is 11.1 Å². The van der Waals surface area contributed by atoms with Gasteiger partial charge in [0.1, 0.15) is 17.4 Å². The van der Waals surface area contributed by atoms with Crippen molar-refractivity contribution >= 4 is 17.7 Å². The van der Waals surface area contributed by atoms with E-state index < -0.39 is 11.9 Å². The molecule has 1 unspecified atom stereocenters. The first-order valence-electron chi connectivity index (χ1n) is 9.20. The summed E-state index contributed by atoms with van der Waals surface area (Å²) in [7, 11) is 0. The minimum Gasteiger partial charge on any atom is -0.463 e. The van der Waals surface area contributed by atoms with Crippen molar-refractivity contribution in [3.63, 3.8) is 0 Å². The van der Waals surface area contributed by atoms with E-state index in [0.29, 0.717) is 11.3 Å². The summed E-state index contributed by atoms with van der Waals surface area (Å²) in [5.74, 6) is -0.819. The van der Waals surface area contributed by atoms with Crippen LogP contribution in [0.2, 0.25) is 0 Å². The van der Waals surface area contributed by atoms with Gasteiger partial charge in [0.15, 0.2) is 0 Å². The minimum atomic E-state index is -0.663. The zero-order valence-electron chi connectivity index (χ0n) is 16.6. The van der Waals surface area contributed by atoms with Gasteiger partial charge in [-0.15, -0.1) is 11.8 Å². The van der Waals surface area contributed by atoms with Crippen LogP contribution in [0, 0.1) is 11.3 Å². The average Bonchev–Trinajstić information content (AvgIpc) is 2.73. The van der Waals surface area contributed by atoms with Gasteiger partial charge in [-0.25, -0.2) is 4.79 Å². The standard InChI is InChI=1S/C23H22N2O3S/c1-4-27-23(26)20-14(2)28-22(25)19(13-24)21(20)18-8-6-5-7-17(18)15-9-11-16(29-3)12-10-15/h5-12,21H,4,25H2,1-3H3. The Labute approximate surface area is 174 Å². The van der Waals surface area contributed by atoms with Gasteiger partial charge in [0.25, 0.3) is 0 Å². The van der Waals surface area contributed by atoms with Crippen LogP contribution >= 0.6 is 11.8 Å². The maximum atomic E-state index is 12.8. The van der Waals surface area contributed by atoms with E-state index in [9.17, 15) is 10.1 Å². The normalized spacial score (nSPS) is 16.3. The van der Waals surface area contributed by atoms with Crippen LogP contribution in [0.4, 0.5) is 0 Å². The number of esters is 1. The van der Waals surface area contributed by atoms with Gasteiger partial charge in [-0.3, -0.25) is 0 Å². The van der Waals surface area contributed by atoms with E-state index >= 15 is 0 Å². The summed E-state index contributed by atoms with van der Waals surface area (Å²) in [5.41, 5.74) is 9.22. The molecule has 1 heterocycles. The van der Waals surface area contributed by atoms with Crippen molar-refractivity contribution in [1.29, 1.82) is 5.26 Å². The molecule has 0 saturated heterocycles. The highest BCUT2D eigenvalue weighted by Gasteiger charge is 2.37. The molecule has 2 N–H and O–H groups in total. The topological polar surface area (TPSA) is 85.3 Å². The highest BCUT2D eigenvalue weighted by atomic mass is 32.2. The van der Waals surface area contributed by atoms with Crippen LogP contribution in [0.5, 0.6) is 0 Å². The molecule has 1 aliphatic heterocycles. The quantitative estimate of drug-likeness (QED) is 0.571. The second-order valence-corrected chi connectivity index (χ2v) is 7.31. The van der Waals surface area contributed by atoms with Gasteiger partial charge in [-0.2, -0.15) is 5.26 Å². The van der Waals surface area contributed by atoms with E-state index in [-0.39, 0.29) is 18.1 Å². The van der Waals surface area contributed by atoms with E-state index in [0.717, 1.165) is 21.6 Å². The molecule has 148 valence electrons. The summed E-state index contributed by atoms with van der Waals surface area (Å²) in [6.07, 6.45) is 2.02. The Hall–Kier alpha value is -3.17. The Morgan fingerprint density at radius 1 is 1.24 bits per heavy atom. The molecule has 0 bridgehead atoms. The lowest BCUT2D eigenvalue weighted by Gasteiger charge is -2.28. The number of nitrogens with two attached hydrogens (primary N) is 1. The molecule has 0 fully saturated rings. The zero-order valence-corrected chi connectivity index (χ0v) is 17.4. The first-order chi connectivity index (χ1) is 14.0. The number of rotatable bonds is 5. The molecule has 1 atom stereocenters. The van der Waals surface area contributed by atoms with E-state index in [1.807, 2.05) is 54.8 Å². The first kappa shape index (κ1) is 20.6. The fraction of sp³-hybridized carbons (Fsp3) is 0.217. The Morgan fingerprint density at radius 2 is 1.93 bits per heavy atom. The van der Waals surface area contributed by atoms with E-state index in [1.54, 1.807) is 25.6 Å². The Kier molecular flexibility index (Phi) is 6.30. The number of carbonyl (C=O) groups is 1. The summed E-state index contributed by atoms with van der Waals surface area (Å²) in [5, 5.41) is 9.79. The highest BCUT2D eigenvalue weighted by molar-refractivity contribution is 7.98. The SMILES string of the molecule is CCOC(=O)C1=C(C)OC(N)=C(C#N)C1c1ccccc1-c1ccc(SC)cc1. The third-order valence-corrected chi connectivity index (χ3v) is 5.52. The third kappa shape index (κ3) is 4.01. The number of thioether (sulfide) groups is 1. The number of carbonyl (C=O) groups excluding carboxylic acids is 1. The lowest BCUT2D eigenvalue weighted by molar-refractivity contribution is -0.139.